The summed E-state index contributed by atoms with van der Waals surface area (Å²) in [4.78, 5) is 14.0. The lowest BCUT2D eigenvalue weighted by Crippen LogP contribution is -2.43. The number of rotatable bonds is 4. The fourth-order valence-electron chi connectivity index (χ4n) is 2.44. The molecule has 1 fully saturated rings. The highest BCUT2D eigenvalue weighted by molar-refractivity contribution is 7.92. The van der Waals surface area contributed by atoms with Gasteiger partial charge in [-0.25, -0.2) is 8.42 Å². The van der Waals surface area contributed by atoms with Gasteiger partial charge in [0.25, 0.3) is 0 Å². The zero-order valence-corrected chi connectivity index (χ0v) is 12.3. The van der Waals surface area contributed by atoms with E-state index in [0.717, 1.165) is 18.2 Å². The number of likely N-dealkylation sites (tertiary alicyclic amines) is 1. The molecule has 110 valence electrons. The van der Waals surface area contributed by atoms with Crippen LogP contribution in [0.4, 0.5) is 0 Å². The molecule has 1 aromatic rings. The van der Waals surface area contributed by atoms with Crippen LogP contribution in [0.3, 0.4) is 0 Å². The maximum absolute atomic E-state index is 12.4. The van der Waals surface area contributed by atoms with Crippen molar-refractivity contribution in [1.82, 2.24) is 4.90 Å². The summed E-state index contributed by atoms with van der Waals surface area (Å²) in [6.45, 7) is 0.987. The average molecular weight is 296 g/mol. The standard InChI is InChI=1S/C14H20N2O3S/c1-20(18,19)13(9-11-5-3-2-4-6-11)14(17)16-8-7-12(15)10-16/h2-6,12-13H,7-10,15H2,1H3/t12-,13?/m1/s1. The molecule has 0 radical (unpaired) electrons. The molecule has 2 atom stereocenters. The van der Waals surface area contributed by atoms with Crippen LogP contribution in [0.5, 0.6) is 0 Å². The minimum Gasteiger partial charge on any atom is -0.340 e. The quantitative estimate of drug-likeness (QED) is 0.861. The van der Waals surface area contributed by atoms with Crippen molar-refractivity contribution in [1.29, 1.82) is 0 Å². The molecule has 5 nitrogen and oxygen atoms in total. The van der Waals surface area contributed by atoms with Crippen molar-refractivity contribution in [2.45, 2.75) is 24.1 Å². The van der Waals surface area contributed by atoms with Gasteiger partial charge in [-0.15, -0.1) is 0 Å². The highest BCUT2D eigenvalue weighted by atomic mass is 32.2. The van der Waals surface area contributed by atoms with Crippen LogP contribution in [0, 0.1) is 0 Å². The van der Waals surface area contributed by atoms with E-state index in [0.29, 0.717) is 13.1 Å². The average Bonchev–Trinajstić information content (AvgIpc) is 2.82. The number of sulfone groups is 1. The Morgan fingerprint density at radius 3 is 2.55 bits per heavy atom. The van der Waals surface area contributed by atoms with Crippen LogP contribution in [-0.2, 0) is 21.1 Å². The largest absolute Gasteiger partial charge is 0.340 e. The zero-order valence-electron chi connectivity index (χ0n) is 11.5. The van der Waals surface area contributed by atoms with Crippen LogP contribution < -0.4 is 5.73 Å². The summed E-state index contributed by atoms with van der Waals surface area (Å²) in [6, 6.07) is 9.16. The molecular weight excluding hydrogens is 276 g/mol. The van der Waals surface area contributed by atoms with Gasteiger partial charge in [-0.1, -0.05) is 30.3 Å². The van der Waals surface area contributed by atoms with E-state index in [4.69, 9.17) is 5.73 Å². The predicted octanol–water partition coefficient (Wildman–Crippen LogP) is 0.202. The van der Waals surface area contributed by atoms with Gasteiger partial charge in [0.15, 0.2) is 9.84 Å². The topological polar surface area (TPSA) is 80.5 Å². The Kier molecular flexibility index (Phi) is 4.45. The molecular formula is C14H20N2O3S. The lowest BCUT2D eigenvalue weighted by Gasteiger charge is -2.22. The van der Waals surface area contributed by atoms with Crippen molar-refractivity contribution in [3.63, 3.8) is 0 Å². The molecule has 0 saturated carbocycles. The van der Waals surface area contributed by atoms with Gasteiger partial charge in [-0.2, -0.15) is 0 Å². The van der Waals surface area contributed by atoms with Crippen molar-refractivity contribution < 1.29 is 13.2 Å². The van der Waals surface area contributed by atoms with Crippen LogP contribution in [0.1, 0.15) is 12.0 Å². The van der Waals surface area contributed by atoms with Crippen LogP contribution in [0.15, 0.2) is 30.3 Å². The second-order valence-corrected chi connectivity index (χ2v) is 7.57. The molecule has 1 aliphatic heterocycles. The van der Waals surface area contributed by atoms with E-state index >= 15 is 0 Å². The Hall–Kier alpha value is -1.40. The molecule has 2 rings (SSSR count). The van der Waals surface area contributed by atoms with E-state index in [1.165, 1.54) is 0 Å². The number of hydrogen-bond acceptors (Lipinski definition) is 4. The summed E-state index contributed by atoms with van der Waals surface area (Å²) in [5.74, 6) is -0.329. The van der Waals surface area contributed by atoms with Gasteiger partial charge in [0.1, 0.15) is 5.25 Å². The van der Waals surface area contributed by atoms with Crippen LogP contribution in [0.25, 0.3) is 0 Å². The molecule has 0 aliphatic carbocycles. The number of amides is 1. The molecule has 1 saturated heterocycles. The van der Waals surface area contributed by atoms with E-state index < -0.39 is 15.1 Å². The summed E-state index contributed by atoms with van der Waals surface area (Å²) in [6.07, 6.45) is 2.06. The molecule has 0 spiro atoms. The Balaban J connectivity index is 2.18. The first kappa shape index (κ1) is 15.0. The van der Waals surface area contributed by atoms with E-state index in [1.54, 1.807) is 4.90 Å². The monoisotopic (exact) mass is 296 g/mol. The van der Waals surface area contributed by atoms with E-state index in [2.05, 4.69) is 0 Å². The fourth-order valence-corrected chi connectivity index (χ4v) is 3.45. The SMILES string of the molecule is CS(=O)(=O)C(Cc1ccccc1)C(=O)N1CC[C@@H](N)C1. The third-order valence-electron chi connectivity index (χ3n) is 3.59. The van der Waals surface area contributed by atoms with E-state index in [-0.39, 0.29) is 18.4 Å². The van der Waals surface area contributed by atoms with Crippen molar-refractivity contribution >= 4 is 15.7 Å². The number of hydrogen-bond donors (Lipinski definition) is 1. The van der Waals surface area contributed by atoms with E-state index in [9.17, 15) is 13.2 Å². The Labute approximate surface area is 119 Å². The summed E-state index contributed by atoms with van der Waals surface area (Å²) >= 11 is 0. The molecule has 1 amide bonds. The summed E-state index contributed by atoms with van der Waals surface area (Å²) in [7, 11) is -3.45. The Morgan fingerprint density at radius 2 is 2.05 bits per heavy atom. The Bertz CT molecular complexity index is 571. The van der Waals surface area contributed by atoms with Crippen molar-refractivity contribution in [2.75, 3.05) is 19.3 Å². The third kappa shape index (κ3) is 3.58. The lowest BCUT2D eigenvalue weighted by atomic mass is 10.1. The van der Waals surface area contributed by atoms with Crippen LogP contribution >= 0.6 is 0 Å². The first-order valence-corrected chi connectivity index (χ1v) is 8.60. The fraction of sp³-hybridized carbons (Fsp3) is 0.500. The van der Waals surface area contributed by atoms with Crippen molar-refractivity contribution in [2.24, 2.45) is 5.73 Å². The van der Waals surface area contributed by atoms with Crippen LogP contribution in [-0.4, -0.2) is 49.9 Å². The molecule has 20 heavy (non-hydrogen) atoms. The summed E-state index contributed by atoms with van der Waals surface area (Å²) in [5.41, 5.74) is 6.63. The molecule has 1 aliphatic rings. The first-order chi connectivity index (χ1) is 9.38. The molecule has 1 unspecified atom stereocenters. The molecule has 0 aromatic heterocycles. The van der Waals surface area contributed by atoms with Crippen molar-refractivity contribution in [3.05, 3.63) is 35.9 Å². The predicted molar refractivity (Wildman–Crippen MR) is 78.0 cm³/mol. The summed E-state index contributed by atoms with van der Waals surface area (Å²) in [5, 5.41) is -1.02. The van der Waals surface area contributed by atoms with Gasteiger partial charge in [0, 0.05) is 25.4 Å². The van der Waals surface area contributed by atoms with E-state index in [1.807, 2.05) is 30.3 Å². The van der Waals surface area contributed by atoms with Gasteiger partial charge in [0.2, 0.25) is 5.91 Å². The second kappa shape index (κ2) is 5.93. The number of carbonyl (C=O) groups excluding carboxylic acids is 1. The minimum atomic E-state index is -3.45. The lowest BCUT2D eigenvalue weighted by molar-refractivity contribution is -0.129. The highest BCUT2D eigenvalue weighted by Gasteiger charge is 2.35. The summed E-state index contributed by atoms with van der Waals surface area (Å²) < 4.78 is 23.9. The smallest absolute Gasteiger partial charge is 0.241 e. The van der Waals surface area contributed by atoms with Crippen LogP contribution in [0.2, 0.25) is 0 Å². The molecule has 1 aromatic carbocycles. The van der Waals surface area contributed by atoms with Gasteiger partial charge in [0.05, 0.1) is 0 Å². The van der Waals surface area contributed by atoms with Gasteiger partial charge >= 0.3 is 0 Å². The highest BCUT2D eigenvalue weighted by Crippen LogP contribution is 2.16. The maximum atomic E-state index is 12.4. The minimum absolute atomic E-state index is 0.0455. The first-order valence-electron chi connectivity index (χ1n) is 6.65. The van der Waals surface area contributed by atoms with Crippen molar-refractivity contribution in [3.8, 4) is 0 Å². The number of carbonyl (C=O) groups is 1. The van der Waals surface area contributed by atoms with Gasteiger partial charge < -0.3 is 10.6 Å². The second-order valence-electron chi connectivity index (χ2n) is 5.34. The number of nitrogens with two attached hydrogens (primary N) is 1. The van der Waals surface area contributed by atoms with Gasteiger partial charge in [-0.3, -0.25) is 4.79 Å². The third-order valence-corrected chi connectivity index (χ3v) is 4.99. The maximum Gasteiger partial charge on any atom is 0.241 e. The molecule has 6 heteroatoms. The molecule has 0 bridgehead atoms. The van der Waals surface area contributed by atoms with Gasteiger partial charge in [-0.05, 0) is 18.4 Å². The molecule has 2 N–H and O–H groups in total. The normalized spacial score (nSPS) is 20.9. The number of benzene rings is 1. The number of nitrogens with zero attached hydrogens (tertiary/aromatic N) is 1. The Morgan fingerprint density at radius 1 is 1.40 bits per heavy atom. The zero-order chi connectivity index (χ0) is 14.8. The molecule has 1 heterocycles.